The molecule has 4 aromatic rings. The van der Waals surface area contributed by atoms with Crippen LogP contribution in [0.1, 0.15) is 17.2 Å². The lowest BCUT2D eigenvalue weighted by Crippen LogP contribution is -2.28. The topological polar surface area (TPSA) is 43.2 Å². The minimum atomic E-state index is -0.532. The molecule has 5 rings (SSSR count). The summed E-state index contributed by atoms with van der Waals surface area (Å²) in [6.45, 7) is 0.577. The Kier molecular flexibility index (Phi) is 3.36. The van der Waals surface area contributed by atoms with E-state index in [9.17, 15) is 4.39 Å². The third-order valence-electron chi connectivity index (χ3n) is 4.97. The van der Waals surface area contributed by atoms with E-state index in [1.807, 2.05) is 47.1 Å². The molecule has 2 unspecified atom stereocenters. The van der Waals surface area contributed by atoms with E-state index in [-0.39, 0.29) is 11.9 Å². The highest BCUT2D eigenvalue weighted by atomic mass is 19.1. The van der Waals surface area contributed by atoms with Crippen molar-refractivity contribution in [3.05, 3.63) is 95.8 Å². The summed E-state index contributed by atoms with van der Waals surface area (Å²) in [5, 5.41) is 8.72. The molecular weight excluding hydrogens is 329 g/mol. The Morgan fingerprint density at radius 2 is 1.62 bits per heavy atom. The van der Waals surface area contributed by atoms with E-state index in [1.165, 1.54) is 12.1 Å². The first-order valence-electron chi connectivity index (χ1n) is 8.53. The molecule has 128 valence electrons. The Bertz CT molecular complexity index is 1060. The third-order valence-corrected chi connectivity index (χ3v) is 4.97. The number of epoxide rings is 1. The minimum Gasteiger partial charge on any atom is -0.362 e. The van der Waals surface area contributed by atoms with Crippen molar-refractivity contribution in [3.63, 3.8) is 0 Å². The van der Waals surface area contributed by atoms with Gasteiger partial charge in [-0.2, -0.15) is 0 Å². The Morgan fingerprint density at radius 3 is 2.35 bits per heavy atom. The SMILES string of the molecule is Fc1ccc(C(n2nnc3ccccc32)C2(c3ccccc3)CO2)cc1. The highest BCUT2D eigenvalue weighted by Gasteiger charge is 2.55. The van der Waals surface area contributed by atoms with Crippen molar-refractivity contribution in [2.24, 2.45) is 0 Å². The van der Waals surface area contributed by atoms with Crippen LogP contribution in [0.15, 0.2) is 78.9 Å². The fourth-order valence-electron chi connectivity index (χ4n) is 3.61. The molecule has 1 aromatic heterocycles. The van der Waals surface area contributed by atoms with E-state index in [4.69, 9.17) is 4.74 Å². The van der Waals surface area contributed by atoms with Crippen molar-refractivity contribution >= 4 is 11.0 Å². The first-order valence-corrected chi connectivity index (χ1v) is 8.53. The molecule has 1 aliphatic rings. The summed E-state index contributed by atoms with van der Waals surface area (Å²) in [7, 11) is 0. The normalized spacial score (nSPS) is 20.2. The van der Waals surface area contributed by atoms with Crippen LogP contribution >= 0.6 is 0 Å². The molecule has 2 atom stereocenters. The van der Waals surface area contributed by atoms with Crippen molar-refractivity contribution in [3.8, 4) is 0 Å². The molecule has 0 aliphatic carbocycles. The first kappa shape index (κ1) is 15.2. The molecule has 3 aromatic carbocycles. The Balaban J connectivity index is 1.73. The Morgan fingerprint density at radius 1 is 0.923 bits per heavy atom. The van der Waals surface area contributed by atoms with Crippen LogP contribution in [0.3, 0.4) is 0 Å². The molecule has 1 aliphatic heterocycles. The van der Waals surface area contributed by atoms with E-state index >= 15 is 0 Å². The van der Waals surface area contributed by atoms with Crippen molar-refractivity contribution in [2.45, 2.75) is 11.6 Å². The third kappa shape index (κ3) is 2.32. The summed E-state index contributed by atoms with van der Waals surface area (Å²) in [6, 6.07) is 24.2. The summed E-state index contributed by atoms with van der Waals surface area (Å²) >= 11 is 0. The molecule has 2 heterocycles. The average molecular weight is 345 g/mol. The van der Waals surface area contributed by atoms with Gasteiger partial charge < -0.3 is 4.74 Å². The zero-order valence-electron chi connectivity index (χ0n) is 13.9. The van der Waals surface area contributed by atoms with Crippen LogP contribution in [0.5, 0.6) is 0 Å². The number of para-hydroxylation sites is 1. The van der Waals surface area contributed by atoms with E-state index in [2.05, 4.69) is 22.4 Å². The van der Waals surface area contributed by atoms with Gasteiger partial charge in [0.1, 0.15) is 23.0 Å². The van der Waals surface area contributed by atoms with Crippen LogP contribution in [0.4, 0.5) is 4.39 Å². The molecule has 0 saturated carbocycles. The second-order valence-electron chi connectivity index (χ2n) is 6.52. The van der Waals surface area contributed by atoms with Gasteiger partial charge in [0.25, 0.3) is 0 Å². The van der Waals surface area contributed by atoms with E-state index in [0.29, 0.717) is 6.61 Å². The monoisotopic (exact) mass is 345 g/mol. The van der Waals surface area contributed by atoms with Gasteiger partial charge in [0.2, 0.25) is 0 Å². The van der Waals surface area contributed by atoms with Crippen LogP contribution in [-0.4, -0.2) is 21.6 Å². The predicted molar refractivity (Wildman–Crippen MR) is 96.1 cm³/mol. The zero-order valence-corrected chi connectivity index (χ0v) is 13.9. The smallest absolute Gasteiger partial charge is 0.143 e. The second kappa shape index (κ2) is 5.75. The lowest BCUT2D eigenvalue weighted by Gasteiger charge is -2.25. The highest BCUT2D eigenvalue weighted by molar-refractivity contribution is 5.74. The zero-order chi connectivity index (χ0) is 17.6. The number of aromatic nitrogens is 3. The van der Waals surface area contributed by atoms with Crippen molar-refractivity contribution < 1.29 is 9.13 Å². The van der Waals surface area contributed by atoms with Gasteiger partial charge in [-0.3, -0.25) is 0 Å². The Labute approximate surface area is 149 Å². The number of nitrogens with zero attached hydrogens (tertiary/aromatic N) is 3. The van der Waals surface area contributed by atoms with Gasteiger partial charge in [0, 0.05) is 0 Å². The largest absolute Gasteiger partial charge is 0.362 e. The number of rotatable bonds is 4. The van der Waals surface area contributed by atoms with Crippen LogP contribution < -0.4 is 0 Å². The molecule has 0 radical (unpaired) electrons. The van der Waals surface area contributed by atoms with Crippen molar-refractivity contribution in [1.29, 1.82) is 0 Å². The van der Waals surface area contributed by atoms with Crippen LogP contribution in [0.2, 0.25) is 0 Å². The number of benzene rings is 3. The van der Waals surface area contributed by atoms with Gasteiger partial charge >= 0.3 is 0 Å². The van der Waals surface area contributed by atoms with E-state index < -0.39 is 5.60 Å². The van der Waals surface area contributed by atoms with E-state index in [1.54, 1.807) is 12.1 Å². The molecule has 26 heavy (non-hydrogen) atoms. The van der Waals surface area contributed by atoms with Gasteiger partial charge in [-0.25, -0.2) is 9.07 Å². The van der Waals surface area contributed by atoms with Gasteiger partial charge in [-0.15, -0.1) is 5.10 Å². The number of hydrogen-bond acceptors (Lipinski definition) is 3. The molecule has 1 fully saturated rings. The fourth-order valence-corrected chi connectivity index (χ4v) is 3.61. The lowest BCUT2D eigenvalue weighted by atomic mass is 9.87. The highest BCUT2D eigenvalue weighted by Crippen LogP contribution is 2.51. The second-order valence-corrected chi connectivity index (χ2v) is 6.52. The van der Waals surface area contributed by atoms with Gasteiger partial charge in [0.15, 0.2) is 0 Å². The maximum Gasteiger partial charge on any atom is 0.143 e. The fraction of sp³-hybridized carbons (Fsp3) is 0.143. The maximum atomic E-state index is 13.5. The minimum absolute atomic E-state index is 0.238. The summed E-state index contributed by atoms with van der Waals surface area (Å²) < 4.78 is 21.4. The molecule has 0 spiro atoms. The quantitative estimate of drug-likeness (QED) is 0.523. The molecular formula is C21H16FN3O. The van der Waals surface area contributed by atoms with Gasteiger partial charge in [0.05, 0.1) is 12.1 Å². The summed E-state index contributed by atoms with van der Waals surface area (Å²) in [5.41, 5.74) is 3.23. The maximum absolute atomic E-state index is 13.5. The summed E-state index contributed by atoms with van der Waals surface area (Å²) in [5.74, 6) is -0.263. The number of hydrogen-bond donors (Lipinski definition) is 0. The average Bonchev–Trinajstić information content (AvgIpc) is 3.38. The van der Waals surface area contributed by atoms with Crippen molar-refractivity contribution in [1.82, 2.24) is 15.0 Å². The molecule has 1 saturated heterocycles. The number of ether oxygens (including phenoxy) is 1. The van der Waals surface area contributed by atoms with Crippen LogP contribution in [-0.2, 0) is 10.3 Å². The Hall–Kier alpha value is -3.05. The van der Waals surface area contributed by atoms with E-state index in [0.717, 1.165) is 22.2 Å². The number of halogens is 1. The van der Waals surface area contributed by atoms with Crippen LogP contribution in [0.25, 0.3) is 11.0 Å². The molecule has 0 N–H and O–H groups in total. The molecule has 0 amide bonds. The molecule has 4 nitrogen and oxygen atoms in total. The molecule has 0 bridgehead atoms. The first-order chi connectivity index (χ1) is 12.8. The standard InChI is InChI=1S/C21H16FN3O/c22-17-12-10-15(11-13-17)20(21(14-26-21)16-6-2-1-3-7-16)25-19-9-5-4-8-18(19)23-24-25/h1-13,20H,14H2. The number of fused-ring (bicyclic) bond motifs is 1. The van der Waals surface area contributed by atoms with Crippen LogP contribution in [0, 0.1) is 5.82 Å². The van der Waals surface area contributed by atoms with Crippen molar-refractivity contribution in [2.75, 3.05) is 6.61 Å². The summed E-state index contributed by atoms with van der Waals surface area (Å²) in [4.78, 5) is 0. The molecule has 5 heteroatoms. The summed E-state index contributed by atoms with van der Waals surface area (Å²) in [6.07, 6.45) is 0. The lowest BCUT2D eigenvalue weighted by molar-refractivity contribution is 0.235. The van der Waals surface area contributed by atoms with Gasteiger partial charge in [-0.1, -0.05) is 59.8 Å². The predicted octanol–water partition coefficient (Wildman–Crippen LogP) is 4.09. The van der Waals surface area contributed by atoms with Gasteiger partial charge in [-0.05, 0) is 35.4 Å².